The predicted octanol–water partition coefficient (Wildman–Crippen LogP) is 4.47. The third-order valence-corrected chi connectivity index (χ3v) is 4.53. The lowest BCUT2D eigenvalue weighted by atomic mass is 10.0. The predicted molar refractivity (Wildman–Crippen MR) is 101 cm³/mol. The molecule has 0 radical (unpaired) electrons. The maximum Gasteiger partial charge on any atom is 0.417 e. The smallest absolute Gasteiger partial charge is 0.321 e. The molecule has 6 nitrogen and oxygen atoms in total. The van der Waals surface area contributed by atoms with E-state index in [1.54, 1.807) is 18.2 Å². The maximum atomic E-state index is 12.9. The van der Waals surface area contributed by atoms with Gasteiger partial charge in [-0.05, 0) is 24.3 Å². The van der Waals surface area contributed by atoms with Crippen LogP contribution in [0, 0.1) is 0 Å². The van der Waals surface area contributed by atoms with Crippen molar-refractivity contribution in [2.24, 2.45) is 4.99 Å². The summed E-state index contributed by atoms with van der Waals surface area (Å²) in [5, 5.41) is 3.03. The number of halogens is 4. The van der Waals surface area contributed by atoms with Crippen molar-refractivity contribution in [1.82, 2.24) is 15.0 Å². The number of benzene rings is 1. The van der Waals surface area contributed by atoms with Crippen LogP contribution in [-0.4, -0.2) is 26.6 Å². The average Bonchev–Trinajstić information content (AvgIpc) is 3.12. The first-order valence-corrected chi connectivity index (χ1v) is 8.70. The molecule has 3 aromatic rings. The molecule has 1 aliphatic rings. The summed E-state index contributed by atoms with van der Waals surface area (Å²) in [7, 11) is 0. The monoisotopic (exact) mass is 417 g/mol. The van der Waals surface area contributed by atoms with Gasteiger partial charge in [-0.25, -0.2) is 15.0 Å². The number of hydrogen-bond acceptors (Lipinski definition) is 5. The first-order chi connectivity index (χ1) is 13.8. The molecule has 0 atom stereocenters. The van der Waals surface area contributed by atoms with Gasteiger partial charge in [-0.3, -0.25) is 9.78 Å². The molecule has 0 spiro atoms. The lowest BCUT2D eigenvalue weighted by Gasteiger charge is -2.09. The van der Waals surface area contributed by atoms with Crippen molar-refractivity contribution in [3.63, 3.8) is 0 Å². The Morgan fingerprint density at radius 2 is 1.93 bits per heavy atom. The standard InChI is InChI=1S/C19H11ClF3N5O/c20-14-2-1-12(27-18(29)16-9-24-3-4-25-16)7-13(14)15-6-10-5-11(19(21,22)23)8-26-17(10)28-15/h1-5,7-9H,6H2,(H,27,29). The van der Waals surface area contributed by atoms with Gasteiger partial charge in [0.15, 0.2) is 5.82 Å². The lowest BCUT2D eigenvalue weighted by Crippen LogP contribution is -2.14. The molecule has 10 heteroatoms. The molecule has 0 bridgehead atoms. The van der Waals surface area contributed by atoms with Gasteiger partial charge >= 0.3 is 6.18 Å². The van der Waals surface area contributed by atoms with Crippen molar-refractivity contribution in [3.05, 3.63) is 76.5 Å². The molecule has 1 aliphatic heterocycles. The van der Waals surface area contributed by atoms with Crippen LogP contribution in [0.1, 0.15) is 27.2 Å². The maximum absolute atomic E-state index is 12.9. The van der Waals surface area contributed by atoms with Gasteiger partial charge in [0.1, 0.15) is 5.69 Å². The summed E-state index contributed by atoms with van der Waals surface area (Å²) in [6, 6.07) is 5.81. The highest BCUT2D eigenvalue weighted by molar-refractivity contribution is 6.34. The fourth-order valence-corrected chi connectivity index (χ4v) is 3.05. The molecule has 1 amide bonds. The number of alkyl halides is 3. The van der Waals surface area contributed by atoms with E-state index >= 15 is 0 Å². The largest absolute Gasteiger partial charge is 0.417 e. The van der Waals surface area contributed by atoms with Crippen LogP contribution in [0.3, 0.4) is 0 Å². The van der Waals surface area contributed by atoms with Crippen LogP contribution in [0.4, 0.5) is 24.7 Å². The molecule has 0 saturated heterocycles. The van der Waals surface area contributed by atoms with Gasteiger partial charge in [0, 0.05) is 46.8 Å². The van der Waals surface area contributed by atoms with Crippen LogP contribution in [-0.2, 0) is 12.6 Å². The molecule has 0 unspecified atom stereocenters. The Balaban J connectivity index is 1.59. The number of aliphatic imine (C=N–C) groups is 1. The lowest BCUT2D eigenvalue weighted by molar-refractivity contribution is -0.137. The Bertz CT molecular complexity index is 1130. The molecule has 4 rings (SSSR count). The van der Waals surface area contributed by atoms with E-state index in [9.17, 15) is 18.0 Å². The van der Waals surface area contributed by atoms with Gasteiger partial charge in [-0.2, -0.15) is 13.2 Å². The quantitative estimate of drug-likeness (QED) is 0.681. The van der Waals surface area contributed by atoms with E-state index in [0.717, 1.165) is 12.3 Å². The number of fused-ring (bicyclic) bond motifs is 1. The molecule has 0 saturated carbocycles. The van der Waals surface area contributed by atoms with E-state index in [2.05, 4.69) is 25.3 Å². The van der Waals surface area contributed by atoms with Gasteiger partial charge in [-0.1, -0.05) is 11.6 Å². The third-order valence-electron chi connectivity index (χ3n) is 4.20. The van der Waals surface area contributed by atoms with Gasteiger partial charge < -0.3 is 5.32 Å². The number of carbonyl (C=O) groups is 1. The Kier molecular flexibility index (Phi) is 4.75. The summed E-state index contributed by atoms with van der Waals surface area (Å²) in [6.45, 7) is 0. The van der Waals surface area contributed by atoms with Gasteiger partial charge in [0.25, 0.3) is 5.91 Å². The minimum atomic E-state index is -4.48. The number of nitrogens with one attached hydrogen (secondary N) is 1. The third kappa shape index (κ3) is 3.95. The number of rotatable bonds is 3. The van der Waals surface area contributed by atoms with E-state index in [1.807, 2.05) is 0 Å². The summed E-state index contributed by atoms with van der Waals surface area (Å²) in [5.74, 6) is -0.238. The fourth-order valence-electron chi connectivity index (χ4n) is 2.83. The molecule has 0 fully saturated rings. The minimum absolute atomic E-state index is 0.137. The highest BCUT2D eigenvalue weighted by Crippen LogP contribution is 2.35. The van der Waals surface area contributed by atoms with Crippen LogP contribution in [0.2, 0.25) is 5.02 Å². The Hall–Kier alpha value is -3.33. The molecule has 1 N–H and O–H groups in total. The van der Waals surface area contributed by atoms with Crippen molar-refractivity contribution >= 4 is 34.7 Å². The zero-order chi connectivity index (χ0) is 20.6. The molecule has 29 heavy (non-hydrogen) atoms. The summed E-state index contributed by atoms with van der Waals surface area (Å²) in [6.07, 6.45) is 0.596. The van der Waals surface area contributed by atoms with E-state index in [4.69, 9.17) is 11.6 Å². The van der Waals surface area contributed by atoms with Crippen molar-refractivity contribution < 1.29 is 18.0 Å². The second-order valence-corrected chi connectivity index (χ2v) is 6.59. The van der Waals surface area contributed by atoms with Gasteiger partial charge in [0.2, 0.25) is 0 Å². The molecule has 0 aliphatic carbocycles. The Morgan fingerprint density at radius 1 is 1.10 bits per heavy atom. The van der Waals surface area contributed by atoms with Gasteiger partial charge in [-0.15, -0.1) is 0 Å². The highest BCUT2D eigenvalue weighted by Gasteiger charge is 2.32. The van der Waals surface area contributed by atoms with E-state index in [-0.39, 0.29) is 17.9 Å². The first-order valence-electron chi connectivity index (χ1n) is 8.32. The van der Waals surface area contributed by atoms with Crippen LogP contribution in [0.25, 0.3) is 0 Å². The normalized spacial score (nSPS) is 13.0. The summed E-state index contributed by atoms with van der Waals surface area (Å²) >= 11 is 6.26. The molecule has 1 aromatic carbocycles. The summed E-state index contributed by atoms with van der Waals surface area (Å²) in [4.78, 5) is 28.1. The average molecular weight is 418 g/mol. The van der Waals surface area contributed by atoms with Crippen molar-refractivity contribution in [2.75, 3.05) is 5.32 Å². The van der Waals surface area contributed by atoms with Crippen LogP contribution < -0.4 is 5.32 Å². The molecule has 2 aromatic heterocycles. The summed E-state index contributed by atoms with van der Waals surface area (Å²) < 4.78 is 38.7. The number of amides is 1. The van der Waals surface area contributed by atoms with Crippen LogP contribution in [0.15, 0.2) is 54.0 Å². The van der Waals surface area contributed by atoms with Crippen molar-refractivity contribution in [2.45, 2.75) is 12.6 Å². The number of nitrogens with zero attached hydrogens (tertiary/aromatic N) is 4. The SMILES string of the molecule is O=C(Nc1ccc(Cl)c(C2=Nc3ncc(C(F)(F)F)cc3C2)c1)c1cnccn1. The molecule has 3 heterocycles. The molecule has 146 valence electrons. The van der Waals surface area contributed by atoms with Crippen molar-refractivity contribution in [3.8, 4) is 0 Å². The zero-order valence-corrected chi connectivity index (χ0v) is 15.3. The fraction of sp³-hybridized carbons (Fsp3) is 0.105. The van der Waals surface area contributed by atoms with E-state index < -0.39 is 17.6 Å². The number of pyridine rings is 1. The Morgan fingerprint density at radius 3 is 2.66 bits per heavy atom. The molecular weight excluding hydrogens is 407 g/mol. The van der Waals surface area contributed by atoms with E-state index in [1.165, 1.54) is 18.6 Å². The van der Waals surface area contributed by atoms with Crippen LogP contribution >= 0.6 is 11.6 Å². The summed E-state index contributed by atoms with van der Waals surface area (Å²) in [5.41, 5.74) is 1.06. The minimum Gasteiger partial charge on any atom is -0.321 e. The highest BCUT2D eigenvalue weighted by atomic mass is 35.5. The second-order valence-electron chi connectivity index (χ2n) is 6.18. The van der Waals surface area contributed by atoms with Crippen LogP contribution in [0.5, 0.6) is 0 Å². The number of anilines is 1. The Labute approximate surface area is 167 Å². The zero-order valence-electron chi connectivity index (χ0n) is 14.5. The second kappa shape index (κ2) is 7.25. The number of carbonyl (C=O) groups excluding carboxylic acids is 1. The molecular formula is C19H11ClF3N5O. The topological polar surface area (TPSA) is 80.1 Å². The number of hydrogen-bond donors (Lipinski definition) is 1. The first kappa shape index (κ1) is 19.0. The van der Waals surface area contributed by atoms with Crippen molar-refractivity contribution in [1.29, 1.82) is 0 Å². The van der Waals surface area contributed by atoms with Gasteiger partial charge in [0.05, 0.1) is 17.5 Å². The van der Waals surface area contributed by atoms with E-state index in [0.29, 0.717) is 27.5 Å². The number of aromatic nitrogens is 3.